The van der Waals surface area contributed by atoms with E-state index < -0.39 is 17.6 Å². The highest BCUT2D eigenvalue weighted by Gasteiger charge is 2.31. The van der Waals surface area contributed by atoms with Gasteiger partial charge in [-0.3, -0.25) is 5.01 Å². The molecule has 1 aliphatic heterocycles. The van der Waals surface area contributed by atoms with Crippen LogP contribution in [0.25, 0.3) is 11.1 Å². The number of nitrogens with one attached hydrogen (secondary N) is 1. The maximum atomic E-state index is 13.8. The van der Waals surface area contributed by atoms with Crippen LogP contribution in [0.5, 0.6) is 0 Å². The topological polar surface area (TPSA) is 15.3 Å². The first-order chi connectivity index (χ1) is 12.1. The lowest BCUT2D eigenvalue weighted by Crippen LogP contribution is -2.34. The Kier molecular flexibility index (Phi) is 4.80. The number of rotatable bonds is 3. The zero-order valence-electron chi connectivity index (χ0n) is 14.7. The van der Waals surface area contributed by atoms with E-state index in [2.05, 4.69) is 5.43 Å². The van der Waals surface area contributed by atoms with Crippen LogP contribution in [0.3, 0.4) is 0 Å². The average Bonchev–Trinajstić information content (AvgIpc) is 2.99. The first-order valence-corrected chi connectivity index (χ1v) is 8.41. The molecule has 1 heterocycles. The van der Waals surface area contributed by atoms with Crippen molar-refractivity contribution in [2.24, 2.45) is 0 Å². The number of hydrazine groups is 1. The summed E-state index contributed by atoms with van der Waals surface area (Å²) in [7, 11) is 0. The summed E-state index contributed by atoms with van der Waals surface area (Å²) >= 11 is 0. The van der Waals surface area contributed by atoms with Crippen molar-refractivity contribution in [1.82, 2.24) is 5.43 Å². The van der Waals surface area contributed by atoms with Crippen LogP contribution in [0.1, 0.15) is 37.8 Å². The third kappa shape index (κ3) is 3.75. The Hall–Kier alpha value is -2.34. The summed E-state index contributed by atoms with van der Waals surface area (Å²) in [5.41, 5.74) is 4.89. The fourth-order valence-corrected chi connectivity index (χ4v) is 3.01. The summed E-state index contributed by atoms with van der Waals surface area (Å²) in [5, 5.41) is 1.85. The van der Waals surface area contributed by atoms with Gasteiger partial charge in [0.25, 0.3) is 0 Å². The van der Waals surface area contributed by atoms with Crippen LogP contribution in [0, 0.1) is 5.82 Å². The Balaban J connectivity index is 2.09. The van der Waals surface area contributed by atoms with Gasteiger partial charge in [-0.25, -0.2) is 9.82 Å². The van der Waals surface area contributed by atoms with Gasteiger partial charge in [0, 0.05) is 12.2 Å². The lowest BCUT2D eigenvalue weighted by atomic mass is 9.95. The molecule has 0 saturated carbocycles. The molecule has 2 nitrogen and oxygen atoms in total. The molecule has 0 amide bonds. The predicted molar refractivity (Wildman–Crippen MR) is 95.1 cm³/mol. The predicted octanol–water partition coefficient (Wildman–Crippen LogP) is 5.86. The second kappa shape index (κ2) is 6.76. The lowest BCUT2D eigenvalue weighted by molar-refractivity contribution is -0.137. The number of benzene rings is 2. The van der Waals surface area contributed by atoms with E-state index in [4.69, 9.17) is 0 Å². The van der Waals surface area contributed by atoms with E-state index >= 15 is 0 Å². The van der Waals surface area contributed by atoms with Gasteiger partial charge in [-0.1, -0.05) is 26.0 Å². The number of hydrogen-bond donors (Lipinski definition) is 1. The van der Waals surface area contributed by atoms with Gasteiger partial charge in [0.05, 0.1) is 11.3 Å². The highest BCUT2D eigenvalue weighted by Crippen LogP contribution is 2.36. The first kappa shape index (κ1) is 18.5. The number of alkyl halides is 3. The smallest absolute Gasteiger partial charge is 0.284 e. The summed E-state index contributed by atoms with van der Waals surface area (Å²) in [4.78, 5) is 0. The van der Waals surface area contributed by atoms with Gasteiger partial charge in [-0.05, 0) is 59.9 Å². The molecule has 0 aromatic heterocycles. The zero-order chi connectivity index (χ0) is 19.1. The molecule has 1 unspecified atom stereocenters. The van der Waals surface area contributed by atoms with Crippen molar-refractivity contribution in [3.63, 3.8) is 0 Å². The molecule has 0 saturated heterocycles. The molecule has 1 N–H and O–H groups in total. The third-order valence-electron chi connectivity index (χ3n) is 4.34. The minimum atomic E-state index is -4.59. The lowest BCUT2D eigenvalue weighted by Gasteiger charge is -2.24. The molecule has 0 aliphatic carbocycles. The fraction of sp³-hybridized carbons (Fsp3) is 0.300. The minimum Gasteiger partial charge on any atom is -0.284 e. The van der Waals surface area contributed by atoms with Crippen molar-refractivity contribution in [2.75, 3.05) is 5.01 Å². The molecule has 2 aromatic carbocycles. The van der Waals surface area contributed by atoms with E-state index in [1.165, 1.54) is 0 Å². The van der Waals surface area contributed by atoms with Crippen molar-refractivity contribution in [3.05, 3.63) is 65.6 Å². The van der Waals surface area contributed by atoms with Gasteiger partial charge >= 0.3 is 6.18 Å². The largest absolute Gasteiger partial charge is 0.416 e. The van der Waals surface area contributed by atoms with Crippen LogP contribution in [-0.4, -0.2) is 6.04 Å². The van der Waals surface area contributed by atoms with Gasteiger partial charge in [0.2, 0.25) is 0 Å². The molecular weight excluding hydrogens is 344 g/mol. The van der Waals surface area contributed by atoms with Gasteiger partial charge in [0.1, 0.15) is 5.82 Å². The monoisotopic (exact) mass is 364 g/mol. The maximum absolute atomic E-state index is 13.8. The maximum Gasteiger partial charge on any atom is 0.416 e. The highest BCUT2D eigenvalue weighted by molar-refractivity contribution is 5.72. The molecular formula is C20H20F4N2. The summed E-state index contributed by atoms with van der Waals surface area (Å²) in [5.74, 6) is -0.680. The second-order valence-electron chi connectivity index (χ2n) is 6.78. The fourth-order valence-electron chi connectivity index (χ4n) is 3.01. The van der Waals surface area contributed by atoms with Crippen LogP contribution in [-0.2, 0) is 6.18 Å². The van der Waals surface area contributed by atoms with Gasteiger partial charge in [-0.15, -0.1) is 0 Å². The normalized spacial score (nSPS) is 17.4. The number of nitrogens with zero attached hydrogens (tertiary/aromatic N) is 1. The Labute approximate surface area is 150 Å². The molecule has 26 heavy (non-hydrogen) atoms. The molecule has 0 radical (unpaired) electrons. The van der Waals surface area contributed by atoms with Crippen molar-refractivity contribution < 1.29 is 17.6 Å². The van der Waals surface area contributed by atoms with E-state index in [0.29, 0.717) is 11.6 Å². The van der Waals surface area contributed by atoms with E-state index in [0.717, 1.165) is 23.4 Å². The Morgan fingerprint density at radius 2 is 1.77 bits per heavy atom. The molecule has 3 rings (SSSR count). The molecule has 6 heteroatoms. The minimum absolute atomic E-state index is 0.157. The zero-order valence-corrected chi connectivity index (χ0v) is 14.7. The molecule has 0 spiro atoms. The molecule has 1 atom stereocenters. The van der Waals surface area contributed by atoms with E-state index in [1.54, 1.807) is 12.1 Å². The van der Waals surface area contributed by atoms with Gasteiger partial charge in [-0.2, -0.15) is 13.2 Å². The van der Waals surface area contributed by atoms with E-state index in [-0.39, 0.29) is 17.5 Å². The quantitative estimate of drug-likeness (QED) is 0.686. The third-order valence-corrected chi connectivity index (χ3v) is 4.34. The Morgan fingerprint density at radius 3 is 2.35 bits per heavy atom. The Morgan fingerprint density at radius 1 is 1.04 bits per heavy atom. The molecule has 0 fully saturated rings. The Bertz CT molecular complexity index is 840. The van der Waals surface area contributed by atoms with Crippen molar-refractivity contribution in [2.45, 2.75) is 38.9 Å². The molecule has 2 aromatic rings. The summed E-state index contributed by atoms with van der Waals surface area (Å²) < 4.78 is 52.8. The van der Waals surface area contributed by atoms with Crippen molar-refractivity contribution >= 4 is 5.69 Å². The number of hydrogen-bond acceptors (Lipinski definition) is 2. The van der Waals surface area contributed by atoms with Crippen LogP contribution < -0.4 is 10.4 Å². The van der Waals surface area contributed by atoms with Crippen LogP contribution in [0.15, 0.2) is 48.7 Å². The van der Waals surface area contributed by atoms with E-state index in [9.17, 15) is 17.6 Å². The number of anilines is 1. The molecule has 138 valence electrons. The summed E-state index contributed by atoms with van der Waals surface area (Å²) in [6, 6.07) is 8.18. The van der Waals surface area contributed by atoms with Gasteiger partial charge < -0.3 is 0 Å². The van der Waals surface area contributed by atoms with Crippen LogP contribution >= 0.6 is 0 Å². The number of halogens is 4. The van der Waals surface area contributed by atoms with Gasteiger partial charge in [0.15, 0.2) is 0 Å². The van der Waals surface area contributed by atoms with Crippen molar-refractivity contribution in [1.29, 1.82) is 0 Å². The SMILES string of the molecule is CC1C=CN(c2cc(-c3cc(F)cc(C(F)(F)F)c3)ccc2C(C)C)N1. The van der Waals surface area contributed by atoms with Crippen LogP contribution in [0.2, 0.25) is 0 Å². The van der Waals surface area contributed by atoms with E-state index in [1.807, 2.05) is 44.1 Å². The first-order valence-electron chi connectivity index (χ1n) is 8.41. The standard InChI is InChI=1S/C20H20F4N2/c1-12(2)18-5-4-14(10-19(18)26-7-6-13(3)25-26)15-8-16(20(22,23)24)11-17(21)9-15/h4-13,25H,1-3H3. The van der Waals surface area contributed by atoms with Crippen LogP contribution in [0.4, 0.5) is 23.2 Å². The molecule has 0 bridgehead atoms. The summed E-state index contributed by atoms with van der Waals surface area (Å²) in [6.45, 7) is 6.09. The summed E-state index contributed by atoms with van der Waals surface area (Å²) in [6.07, 6.45) is -0.713. The van der Waals surface area contributed by atoms with Crippen molar-refractivity contribution in [3.8, 4) is 11.1 Å². The molecule has 1 aliphatic rings. The highest BCUT2D eigenvalue weighted by atomic mass is 19.4. The average molecular weight is 364 g/mol. The second-order valence-corrected chi connectivity index (χ2v) is 6.78.